The number of hydrogen-bond acceptors (Lipinski definition) is 5. The summed E-state index contributed by atoms with van der Waals surface area (Å²) < 4.78 is 10.8. The van der Waals surface area contributed by atoms with Gasteiger partial charge in [-0.15, -0.1) is 0 Å². The standard InChI is InChI=1S/C20H24N2O4/c1-3-16-18(11(2)26-22-16)20(24)21-19(14-9-15(23)10-14)13-4-5-17-12(8-13)6-7-25-17/h4-5,8,14-15,19,23H,3,6-7,9-10H2,1-2H3,(H,21,24)/t14?,15?,19-/m1/s1. The minimum absolute atomic E-state index is 0.143. The zero-order valence-electron chi connectivity index (χ0n) is 15.1. The van der Waals surface area contributed by atoms with Crippen molar-refractivity contribution in [3.8, 4) is 5.75 Å². The molecule has 0 saturated heterocycles. The van der Waals surface area contributed by atoms with Gasteiger partial charge in [-0.2, -0.15) is 0 Å². The van der Waals surface area contributed by atoms with Crippen molar-refractivity contribution in [3.05, 3.63) is 46.3 Å². The third-order valence-corrected chi connectivity index (χ3v) is 5.48. The monoisotopic (exact) mass is 356 g/mol. The van der Waals surface area contributed by atoms with E-state index in [0.717, 1.165) is 17.7 Å². The largest absolute Gasteiger partial charge is 0.493 e. The molecule has 1 aliphatic heterocycles. The fraction of sp³-hybridized carbons (Fsp3) is 0.500. The van der Waals surface area contributed by atoms with Crippen LogP contribution in [0.25, 0.3) is 0 Å². The van der Waals surface area contributed by atoms with Crippen molar-refractivity contribution < 1.29 is 19.2 Å². The van der Waals surface area contributed by atoms with E-state index >= 15 is 0 Å². The summed E-state index contributed by atoms with van der Waals surface area (Å²) in [5.41, 5.74) is 3.44. The second-order valence-corrected chi connectivity index (χ2v) is 7.22. The van der Waals surface area contributed by atoms with E-state index in [9.17, 15) is 9.90 Å². The minimum Gasteiger partial charge on any atom is -0.493 e. The molecule has 6 heteroatoms. The van der Waals surface area contributed by atoms with E-state index in [1.165, 1.54) is 5.56 Å². The van der Waals surface area contributed by atoms with Crippen LogP contribution in [-0.2, 0) is 12.8 Å². The average Bonchev–Trinajstić information content (AvgIpc) is 3.22. The maximum Gasteiger partial charge on any atom is 0.257 e. The van der Waals surface area contributed by atoms with Crippen molar-refractivity contribution in [1.82, 2.24) is 10.5 Å². The first kappa shape index (κ1) is 17.1. The second-order valence-electron chi connectivity index (χ2n) is 7.22. The predicted molar refractivity (Wildman–Crippen MR) is 95.2 cm³/mol. The molecule has 2 N–H and O–H groups in total. The lowest BCUT2D eigenvalue weighted by Crippen LogP contribution is -2.41. The summed E-state index contributed by atoms with van der Waals surface area (Å²) in [7, 11) is 0. The highest BCUT2D eigenvalue weighted by Crippen LogP contribution is 2.40. The van der Waals surface area contributed by atoms with Crippen molar-refractivity contribution in [1.29, 1.82) is 0 Å². The molecule has 1 amide bonds. The van der Waals surface area contributed by atoms with E-state index in [0.29, 0.717) is 42.9 Å². The summed E-state index contributed by atoms with van der Waals surface area (Å²) in [5.74, 6) is 1.52. The first-order chi connectivity index (χ1) is 12.6. The van der Waals surface area contributed by atoms with Crippen LogP contribution in [-0.4, -0.2) is 28.9 Å². The van der Waals surface area contributed by atoms with Crippen LogP contribution in [0.15, 0.2) is 22.7 Å². The highest BCUT2D eigenvalue weighted by Gasteiger charge is 2.37. The number of carbonyl (C=O) groups excluding carboxylic acids is 1. The van der Waals surface area contributed by atoms with Crippen LogP contribution in [0.1, 0.15) is 58.7 Å². The van der Waals surface area contributed by atoms with Gasteiger partial charge in [-0.25, -0.2) is 0 Å². The van der Waals surface area contributed by atoms with E-state index in [1.807, 2.05) is 19.1 Å². The fourth-order valence-corrected chi connectivity index (χ4v) is 3.94. The van der Waals surface area contributed by atoms with Crippen LogP contribution in [0.2, 0.25) is 0 Å². The molecule has 2 heterocycles. The van der Waals surface area contributed by atoms with Gasteiger partial charge >= 0.3 is 0 Å². The third-order valence-electron chi connectivity index (χ3n) is 5.48. The van der Waals surface area contributed by atoms with Gasteiger partial charge < -0.3 is 19.7 Å². The predicted octanol–water partition coefficient (Wildman–Crippen LogP) is 2.72. The minimum atomic E-state index is -0.277. The van der Waals surface area contributed by atoms with E-state index in [1.54, 1.807) is 6.92 Å². The molecule has 4 rings (SSSR count). The molecule has 2 aliphatic rings. The number of nitrogens with one attached hydrogen (secondary N) is 1. The van der Waals surface area contributed by atoms with E-state index in [4.69, 9.17) is 9.26 Å². The van der Waals surface area contributed by atoms with Gasteiger partial charge in [0.05, 0.1) is 24.4 Å². The lowest BCUT2D eigenvalue weighted by molar-refractivity contribution is 0.0235. The number of carbonyl (C=O) groups is 1. The van der Waals surface area contributed by atoms with Crippen LogP contribution in [0.3, 0.4) is 0 Å². The number of aryl methyl sites for hydroxylation is 2. The molecule has 0 radical (unpaired) electrons. The number of fused-ring (bicyclic) bond motifs is 1. The number of hydrogen-bond donors (Lipinski definition) is 2. The van der Waals surface area contributed by atoms with Crippen LogP contribution in [0.5, 0.6) is 5.75 Å². The summed E-state index contributed by atoms with van der Waals surface area (Å²) in [5, 5.41) is 16.9. The summed E-state index contributed by atoms with van der Waals surface area (Å²) in [6.45, 7) is 4.42. The molecule has 0 unspecified atom stereocenters. The Balaban J connectivity index is 1.62. The number of benzene rings is 1. The second kappa shape index (κ2) is 6.76. The number of aliphatic hydroxyl groups is 1. The van der Waals surface area contributed by atoms with Crippen LogP contribution in [0.4, 0.5) is 0 Å². The Morgan fingerprint density at radius 3 is 2.96 bits per heavy atom. The molecule has 138 valence electrons. The number of aliphatic hydroxyl groups excluding tert-OH is 1. The summed E-state index contributed by atoms with van der Waals surface area (Å²) in [6, 6.07) is 5.98. The summed E-state index contributed by atoms with van der Waals surface area (Å²) >= 11 is 0. The van der Waals surface area contributed by atoms with Gasteiger partial charge in [-0.05, 0) is 55.4 Å². The molecule has 1 aliphatic carbocycles. The zero-order chi connectivity index (χ0) is 18.3. The Hall–Kier alpha value is -2.34. The zero-order valence-corrected chi connectivity index (χ0v) is 15.1. The molecule has 1 saturated carbocycles. The van der Waals surface area contributed by atoms with Gasteiger partial charge in [0.25, 0.3) is 5.91 Å². The Morgan fingerprint density at radius 2 is 2.23 bits per heavy atom. The van der Waals surface area contributed by atoms with Gasteiger partial charge in [0, 0.05) is 6.42 Å². The first-order valence-corrected chi connectivity index (χ1v) is 9.26. The van der Waals surface area contributed by atoms with Gasteiger partial charge in [-0.1, -0.05) is 18.1 Å². The van der Waals surface area contributed by atoms with E-state index in [-0.39, 0.29) is 24.0 Å². The van der Waals surface area contributed by atoms with Crippen molar-refractivity contribution in [2.45, 2.75) is 51.7 Å². The van der Waals surface area contributed by atoms with E-state index in [2.05, 4.69) is 16.5 Å². The molecule has 6 nitrogen and oxygen atoms in total. The van der Waals surface area contributed by atoms with Gasteiger partial charge in [0.1, 0.15) is 17.1 Å². The highest BCUT2D eigenvalue weighted by molar-refractivity contribution is 5.96. The third kappa shape index (κ3) is 2.98. The summed E-state index contributed by atoms with van der Waals surface area (Å²) in [6.07, 6.45) is 2.65. The summed E-state index contributed by atoms with van der Waals surface area (Å²) in [4.78, 5) is 13.0. The number of aromatic nitrogens is 1. The van der Waals surface area contributed by atoms with Crippen molar-refractivity contribution in [3.63, 3.8) is 0 Å². The number of nitrogens with zero attached hydrogens (tertiary/aromatic N) is 1. The normalized spacial score (nSPS) is 22.3. The Morgan fingerprint density at radius 1 is 1.42 bits per heavy atom. The molecular weight excluding hydrogens is 332 g/mol. The van der Waals surface area contributed by atoms with E-state index < -0.39 is 0 Å². The Kier molecular flexibility index (Phi) is 4.44. The van der Waals surface area contributed by atoms with Gasteiger partial charge in [0.2, 0.25) is 0 Å². The molecule has 1 aromatic heterocycles. The molecule has 1 fully saturated rings. The SMILES string of the molecule is CCc1noc(C)c1C(=O)N[C@H](c1ccc2c(c1)CCO2)C1CC(O)C1. The first-order valence-electron chi connectivity index (χ1n) is 9.26. The lowest BCUT2D eigenvalue weighted by Gasteiger charge is -2.38. The topological polar surface area (TPSA) is 84.6 Å². The molecule has 1 aromatic carbocycles. The maximum absolute atomic E-state index is 13.0. The average molecular weight is 356 g/mol. The van der Waals surface area contributed by atoms with Gasteiger partial charge in [0.15, 0.2) is 0 Å². The highest BCUT2D eigenvalue weighted by atomic mass is 16.5. The molecule has 26 heavy (non-hydrogen) atoms. The molecule has 0 spiro atoms. The number of amides is 1. The molecule has 1 atom stereocenters. The molecule has 0 bridgehead atoms. The van der Waals surface area contributed by atoms with Crippen molar-refractivity contribution >= 4 is 5.91 Å². The molecule has 2 aromatic rings. The Bertz CT molecular complexity index is 823. The van der Waals surface area contributed by atoms with Crippen molar-refractivity contribution in [2.24, 2.45) is 5.92 Å². The van der Waals surface area contributed by atoms with Crippen molar-refractivity contribution in [2.75, 3.05) is 6.61 Å². The Labute approximate surface area is 152 Å². The number of rotatable bonds is 5. The smallest absolute Gasteiger partial charge is 0.257 e. The van der Waals surface area contributed by atoms with Crippen LogP contribution < -0.4 is 10.1 Å². The lowest BCUT2D eigenvalue weighted by atomic mass is 9.74. The fourth-order valence-electron chi connectivity index (χ4n) is 3.94. The van der Waals surface area contributed by atoms with Crippen LogP contribution in [0, 0.1) is 12.8 Å². The number of ether oxygens (including phenoxy) is 1. The quantitative estimate of drug-likeness (QED) is 0.860. The molecular formula is C20H24N2O4. The van der Waals surface area contributed by atoms with Crippen LogP contribution >= 0.6 is 0 Å². The van der Waals surface area contributed by atoms with Gasteiger partial charge in [-0.3, -0.25) is 4.79 Å². The maximum atomic E-state index is 13.0.